The molecule has 13 heteroatoms. The molecule has 49 heavy (non-hydrogen) atoms. The molecule has 1 aromatic heterocycles. The van der Waals surface area contributed by atoms with Crippen LogP contribution < -0.4 is 5.32 Å². The fraction of sp³-hybridized carbons (Fsp3) is 0.472. The van der Waals surface area contributed by atoms with Gasteiger partial charge in [-0.05, 0) is 66.5 Å². The molecule has 12 nitrogen and oxygen atoms in total. The Bertz CT molecular complexity index is 1600. The second kappa shape index (κ2) is 18.0. The minimum atomic E-state index is -4.08. The van der Waals surface area contributed by atoms with Gasteiger partial charge in [0.2, 0.25) is 15.9 Å². The summed E-state index contributed by atoms with van der Waals surface area (Å²) in [6.45, 7) is 3.39. The SMILES string of the molecule is CC[C@H](C)[C@@H](C(=O)N[C@@H](Cc1ccccc1)[C@H](O)CN(CC1CCCC1)S(=O)(=O)c1ccc(CN=O)cc1)N(Cc1ccccn1)C(=O)O. The van der Waals surface area contributed by atoms with Gasteiger partial charge in [-0.2, -0.15) is 9.21 Å². The van der Waals surface area contributed by atoms with Crippen LogP contribution in [-0.2, 0) is 34.3 Å². The van der Waals surface area contributed by atoms with E-state index in [2.05, 4.69) is 15.5 Å². The van der Waals surface area contributed by atoms with Crippen molar-refractivity contribution in [3.63, 3.8) is 0 Å². The van der Waals surface area contributed by atoms with Crippen LogP contribution in [0.1, 0.15) is 62.8 Å². The van der Waals surface area contributed by atoms with E-state index >= 15 is 0 Å². The minimum absolute atomic E-state index is 0.0273. The Morgan fingerprint density at radius 1 is 1.00 bits per heavy atom. The van der Waals surface area contributed by atoms with Gasteiger partial charge in [0, 0.05) is 19.3 Å². The largest absolute Gasteiger partial charge is 0.465 e. The van der Waals surface area contributed by atoms with Crippen molar-refractivity contribution in [2.45, 2.75) is 88.5 Å². The Hall–Kier alpha value is -4.20. The first-order valence-corrected chi connectivity index (χ1v) is 18.3. The van der Waals surface area contributed by atoms with E-state index in [1.807, 2.05) is 37.3 Å². The number of amides is 2. The van der Waals surface area contributed by atoms with Crippen molar-refractivity contribution in [1.82, 2.24) is 19.5 Å². The number of aliphatic hydroxyl groups is 1. The Morgan fingerprint density at radius 3 is 2.27 bits per heavy atom. The molecule has 0 spiro atoms. The maximum absolute atomic E-state index is 14.1. The highest BCUT2D eigenvalue weighted by molar-refractivity contribution is 7.89. The summed E-state index contributed by atoms with van der Waals surface area (Å²) < 4.78 is 29.4. The van der Waals surface area contributed by atoms with Gasteiger partial charge in [0.15, 0.2) is 0 Å². The summed E-state index contributed by atoms with van der Waals surface area (Å²) in [4.78, 5) is 42.8. The van der Waals surface area contributed by atoms with E-state index in [-0.39, 0.29) is 49.3 Å². The number of pyridine rings is 1. The van der Waals surface area contributed by atoms with Gasteiger partial charge in [0.25, 0.3) is 0 Å². The number of carbonyl (C=O) groups is 2. The number of hydrogen-bond acceptors (Lipinski definition) is 8. The molecule has 2 aromatic carbocycles. The van der Waals surface area contributed by atoms with Crippen molar-refractivity contribution >= 4 is 22.0 Å². The summed E-state index contributed by atoms with van der Waals surface area (Å²) in [5, 5.41) is 27.9. The molecular weight excluding hydrogens is 646 g/mol. The molecule has 0 unspecified atom stereocenters. The summed E-state index contributed by atoms with van der Waals surface area (Å²) >= 11 is 0. The normalized spacial score (nSPS) is 16.1. The first-order chi connectivity index (χ1) is 23.5. The van der Waals surface area contributed by atoms with Gasteiger partial charge in [-0.1, -0.05) is 86.8 Å². The fourth-order valence-corrected chi connectivity index (χ4v) is 7.91. The molecular formula is C36H47N5O7S. The predicted octanol–water partition coefficient (Wildman–Crippen LogP) is 5.21. The van der Waals surface area contributed by atoms with E-state index in [1.54, 1.807) is 43.5 Å². The van der Waals surface area contributed by atoms with E-state index < -0.39 is 40.2 Å². The zero-order valence-electron chi connectivity index (χ0n) is 28.1. The molecule has 1 aliphatic rings. The molecule has 1 saturated carbocycles. The molecule has 4 atom stereocenters. The third-order valence-electron chi connectivity index (χ3n) is 9.32. The standard InChI is InChI=1S/C36H47N5O7S/c1-3-26(2)34(41(36(44)45)24-30-15-9-10-20-37-30)35(43)39-32(21-27-11-5-4-6-12-27)33(42)25-40(23-29-13-7-8-14-29)49(47,48)31-18-16-28(17-19-31)22-38-46/h4-6,9-12,15-20,26,29,32-34,42H,3,7-8,13-14,21-25H2,1-2H3,(H,39,43)(H,44,45)/t26-,32-,33+,34-/m0/s1. The Balaban J connectivity index is 1.65. The first kappa shape index (κ1) is 37.6. The molecule has 4 rings (SSSR count). The minimum Gasteiger partial charge on any atom is -0.465 e. The van der Waals surface area contributed by atoms with Crippen LogP contribution in [0.5, 0.6) is 0 Å². The molecule has 1 heterocycles. The number of aromatic nitrogens is 1. The summed E-state index contributed by atoms with van der Waals surface area (Å²) in [6, 6.07) is 18.3. The van der Waals surface area contributed by atoms with Crippen LogP contribution >= 0.6 is 0 Å². The number of sulfonamides is 1. The van der Waals surface area contributed by atoms with Gasteiger partial charge in [0.1, 0.15) is 12.6 Å². The average molecular weight is 694 g/mol. The Kier molecular flexibility index (Phi) is 13.8. The van der Waals surface area contributed by atoms with E-state index in [0.29, 0.717) is 17.7 Å². The van der Waals surface area contributed by atoms with Crippen LogP contribution in [0.4, 0.5) is 4.79 Å². The number of carboxylic acid groups (broad SMARTS) is 1. The van der Waals surface area contributed by atoms with Crippen LogP contribution in [0.2, 0.25) is 0 Å². The molecule has 264 valence electrons. The number of hydrogen-bond donors (Lipinski definition) is 3. The summed E-state index contributed by atoms with van der Waals surface area (Å²) in [6.07, 6.45) is 3.35. The maximum Gasteiger partial charge on any atom is 0.408 e. The molecule has 0 bridgehead atoms. The lowest BCUT2D eigenvalue weighted by molar-refractivity contribution is -0.129. The second-order valence-electron chi connectivity index (χ2n) is 12.8. The molecule has 2 amide bonds. The lowest BCUT2D eigenvalue weighted by Gasteiger charge is -2.35. The number of nitroso groups, excluding NO2 is 1. The van der Waals surface area contributed by atoms with Crippen LogP contribution in [0.15, 0.2) is 89.1 Å². The van der Waals surface area contributed by atoms with Crippen molar-refractivity contribution < 1.29 is 28.2 Å². The van der Waals surface area contributed by atoms with Crippen LogP contribution in [0.25, 0.3) is 0 Å². The highest BCUT2D eigenvalue weighted by Gasteiger charge is 2.38. The summed E-state index contributed by atoms with van der Waals surface area (Å²) in [5.74, 6) is -0.851. The topological polar surface area (TPSA) is 170 Å². The number of nitrogens with zero attached hydrogens (tertiary/aromatic N) is 4. The molecule has 1 fully saturated rings. The molecule has 0 saturated heterocycles. The van der Waals surface area contributed by atoms with Crippen molar-refractivity contribution in [1.29, 1.82) is 0 Å². The number of benzene rings is 2. The number of carbonyl (C=O) groups excluding carboxylic acids is 1. The number of rotatable bonds is 18. The average Bonchev–Trinajstić information content (AvgIpc) is 3.62. The van der Waals surface area contributed by atoms with Crippen molar-refractivity contribution in [3.05, 3.63) is 101 Å². The van der Waals surface area contributed by atoms with Crippen LogP contribution in [0.3, 0.4) is 0 Å². The molecule has 0 aliphatic heterocycles. The van der Waals surface area contributed by atoms with Gasteiger partial charge in [-0.15, -0.1) is 0 Å². The van der Waals surface area contributed by atoms with E-state index in [1.165, 1.54) is 16.4 Å². The van der Waals surface area contributed by atoms with Crippen molar-refractivity contribution in [3.8, 4) is 0 Å². The highest BCUT2D eigenvalue weighted by Crippen LogP contribution is 2.29. The van der Waals surface area contributed by atoms with Crippen molar-refractivity contribution in [2.75, 3.05) is 13.1 Å². The molecule has 0 radical (unpaired) electrons. The molecule has 3 N–H and O–H groups in total. The first-order valence-electron chi connectivity index (χ1n) is 16.8. The lowest BCUT2D eigenvalue weighted by atomic mass is 9.94. The van der Waals surface area contributed by atoms with E-state index in [4.69, 9.17) is 0 Å². The second-order valence-corrected chi connectivity index (χ2v) is 14.8. The smallest absolute Gasteiger partial charge is 0.408 e. The van der Waals surface area contributed by atoms with E-state index in [0.717, 1.165) is 36.1 Å². The lowest BCUT2D eigenvalue weighted by Crippen LogP contribution is -2.58. The van der Waals surface area contributed by atoms with Crippen LogP contribution in [-0.4, -0.2) is 76.1 Å². The highest BCUT2D eigenvalue weighted by atomic mass is 32.2. The summed E-state index contributed by atoms with van der Waals surface area (Å²) in [7, 11) is -4.08. The van der Waals surface area contributed by atoms with Gasteiger partial charge in [0.05, 0.1) is 29.3 Å². The number of nitrogens with one attached hydrogen (secondary N) is 1. The monoisotopic (exact) mass is 693 g/mol. The molecule has 3 aromatic rings. The maximum atomic E-state index is 14.1. The third kappa shape index (κ3) is 10.4. The number of aliphatic hydroxyl groups excluding tert-OH is 1. The fourth-order valence-electron chi connectivity index (χ4n) is 6.38. The Labute approximate surface area is 288 Å². The Morgan fingerprint density at radius 2 is 1.67 bits per heavy atom. The van der Waals surface area contributed by atoms with Gasteiger partial charge in [-0.25, -0.2) is 13.2 Å². The van der Waals surface area contributed by atoms with Crippen molar-refractivity contribution in [2.24, 2.45) is 17.0 Å². The van der Waals surface area contributed by atoms with Gasteiger partial charge < -0.3 is 15.5 Å². The van der Waals surface area contributed by atoms with Crippen LogP contribution in [0, 0.1) is 16.7 Å². The third-order valence-corrected chi connectivity index (χ3v) is 11.2. The van der Waals surface area contributed by atoms with E-state index in [9.17, 15) is 33.1 Å². The predicted molar refractivity (Wildman–Crippen MR) is 186 cm³/mol. The van der Waals surface area contributed by atoms with Gasteiger partial charge in [-0.3, -0.25) is 14.7 Å². The zero-order valence-corrected chi connectivity index (χ0v) is 28.9. The molecule has 1 aliphatic carbocycles. The quantitative estimate of drug-likeness (QED) is 0.153. The zero-order chi connectivity index (χ0) is 35.4. The van der Waals surface area contributed by atoms with Gasteiger partial charge >= 0.3 is 6.09 Å². The summed E-state index contributed by atoms with van der Waals surface area (Å²) in [5.41, 5.74) is 1.87.